The molecule has 0 aromatic carbocycles. The molecule has 2 N–H and O–H groups in total. The minimum absolute atomic E-state index is 0.0403. The van der Waals surface area contributed by atoms with E-state index in [1.165, 1.54) is 19.3 Å². The van der Waals surface area contributed by atoms with Crippen molar-refractivity contribution in [1.29, 1.82) is 0 Å². The summed E-state index contributed by atoms with van der Waals surface area (Å²) in [5.41, 5.74) is -0.267. The molecule has 1 atom stereocenters. The van der Waals surface area contributed by atoms with Crippen LogP contribution in [0.3, 0.4) is 0 Å². The summed E-state index contributed by atoms with van der Waals surface area (Å²) < 4.78 is 0. The number of nitrogens with one attached hydrogen (secondary N) is 2. The Morgan fingerprint density at radius 1 is 1.15 bits per heavy atom. The third-order valence-electron chi connectivity index (χ3n) is 6.93. The molecule has 0 spiro atoms. The molecule has 5 rings (SSSR count). The van der Waals surface area contributed by atoms with Gasteiger partial charge in [0.1, 0.15) is 0 Å². The zero-order valence-corrected chi connectivity index (χ0v) is 17.5. The van der Waals surface area contributed by atoms with Crippen molar-refractivity contribution in [2.24, 2.45) is 28.6 Å². The van der Waals surface area contributed by atoms with Gasteiger partial charge in [-0.2, -0.15) is 0 Å². The minimum Gasteiger partial charge on any atom is -0.347 e. The first-order valence-corrected chi connectivity index (χ1v) is 11.2. The summed E-state index contributed by atoms with van der Waals surface area (Å²) in [4.78, 5) is 26.8. The van der Waals surface area contributed by atoms with Gasteiger partial charge in [-0.25, -0.2) is 0 Å². The van der Waals surface area contributed by atoms with E-state index in [-0.39, 0.29) is 35.2 Å². The largest absolute Gasteiger partial charge is 0.347 e. The van der Waals surface area contributed by atoms with E-state index >= 15 is 0 Å². The van der Waals surface area contributed by atoms with Crippen LogP contribution in [0.2, 0.25) is 0 Å². The van der Waals surface area contributed by atoms with Crippen LogP contribution in [0.5, 0.6) is 0 Å². The van der Waals surface area contributed by atoms with E-state index in [0.29, 0.717) is 0 Å². The van der Waals surface area contributed by atoms with E-state index in [4.69, 9.17) is 0 Å². The van der Waals surface area contributed by atoms with E-state index in [0.717, 1.165) is 41.9 Å². The van der Waals surface area contributed by atoms with Crippen molar-refractivity contribution in [3.05, 3.63) is 22.4 Å². The van der Waals surface area contributed by atoms with Crippen LogP contribution in [0.25, 0.3) is 0 Å². The maximum atomic E-state index is 13.0. The van der Waals surface area contributed by atoms with Crippen molar-refractivity contribution in [3.63, 3.8) is 0 Å². The van der Waals surface area contributed by atoms with E-state index in [2.05, 4.69) is 37.5 Å². The minimum atomic E-state index is -0.188. The van der Waals surface area contributed by atoms with Crippen LogP contribution in [0, 0.1) is 28.6 Å². The molecule has 1 aromatic rings. The molecule has 0 saturated heterocycles. The Hall–Kier alpha value is -1.36. The molecule has 1 aromatic heterocycles. The summed E-state index contributed by atoms with van der Waals surface area (Å²) in [5, 5.41) is 8.18. The number of hydrogen-bond donors (Lipinski definition) is 2. The van der Waals surface area contributed by atoms with Crippen LogP contribution in [-0.2, 0) is 9.59 Å². The zero-order chi connectivity index (χ0) is 19.2. The number of carbonyl (C=O) groups excluding carboxylic acids is 2. The first-order valence-electron chi connectivity index (χ1n) is 10.4. The fraction of sp³-hybridized carbons (Fsp3) is 0.727. The molecular formula is C22H32N2O2S. The van der Waals surface area contributed by atoms with E-state index < -0.39 is 0 Å². The van der Waals surface area contributed by atoms with Gasteiger partial charge in [-0.3, -0.25) is 9.59 Å². The molecule has 4 aliphatic carbocycles. The normalized spacial score (nSPS) is 32.9. The highest BCUT2D eigenvalue weighted by molar-refractivity contribution is 7.10. The van der Waals surface area contributed by atoms with Gasteiger partial charge in [-0.15, -0.1) is 11.3 Å². The van der Waals surface area contributed by atoms with Crippen LogP contribution in [0.1, 0.15) is 70.2 Å². The van der Waals surface area contributed by atoms with Gasteiger partial charge in [0.15, 0.2) is 0 Å². The lowest BCUT2D eigenvalue weighted by Crippen LogP contribution is -2.54. The van der Waals surface area contributed by atoms with Gasteiger partial charge < -0.3 is 10.6 Å². The fourth-order valence-corrected chi connectivity index (χ4v) is 7.14. The number of hydrogen-bond acceptors (Lipinski definition) is 3. The molecule has 1 heterocycles. The number of carbonyl (C=O) groups is 2. The van der Waals surface area contributed by atoms with Crippen molar-refractivity contribution in [2.45, 2.75) is 65.3 Å². The summed E-state index contributed by atoms with van der Waals surface area (Å²) in [6.45, 7) is 6.47. The van der Waals surface area contributed by atoms with Gasteiger partial charge in [0.25, 0.3) is 0 Å². The predicted molar refractivity (Wildman–Crippen MR) is 108 cm³/mol. The fourth-order valence-electron chi connectivity index (χ4n) is 6.12. The van der Waals surface area contributed by atoms with Crippen LogP contribution in [0.4, 0.5) is 0 Å². The van der Waals surface area contributed by atoms with Crippen LogP contribution >= 0.6 is 11.3 Å². The first kappa shape index (κ1) is 19.0. The van der Waals surface area contributed by atoms with Crippen LogP contribution in [0.15, 0.2) is 17.5 Å². The Kier molecular flexibility index (Phi) is 4.86. The van der Waals surface area contributed by atoms with Crippen molar-refractivity contribution < 1.29 is 9.59 Å². The summed E-state index contributed by atoms with van der Waals surface area (Å²) >= 11 is 1.66. The molecule has 4 nitrogen and oxygen atoms in total. The highest BCUT2D eigenvalue weighted by atomic mass is 32.1. The van der Waals surface area contributed by atoms with Crippen LogP contribution in [-0.4, -0.2) is 18.4 Å². The van der Waals surface area contributed by atoms with Crippen molar-refractivity contribution in [2.75, 3.05) is 6.54 Å². The van der Waals surface area contributed by atoms with Gasteiger partial charge >= 0.3 is 0 Å². The lowest BCUT2D eigenvalue weighted by Gasteiger charge is -2.55. The summed E-state index contributed by atoms with van der Waals surface area (Å²) in [7, 11) is 0. The molecule has 4 aliphatic rings. The topological polar surface area (TPSA) is 58.2 Å². The van der Waals surface area contributed by atoms with Gasteiger partial charge in [0, 0.05) is 10.3 Å². The lowest BCUT2D eigenvalue weighted by molar-refractivity contribution is -0.147. The van der Waals surface area contributed by atoms with Gasteiger partial charge in [-0.05, 0) is 73.1 Å². The number of thiophene rings is 1. The molecular weight excluding hydrogens is 356 g/mol. The smallest absolute Gasteiger partial charge is 0.239 e. The van der Waals surface area contributed by atoms with Crippen molar-refractivity contribution >= 4 is 23.2 Å². The number of rotatable bonds is 5. The second kappa shape index (κ2) is 6.91. The second-order valence-corrected chi connectivity index (χ2v) is 11.2. The Balaban J connectivity index is 1.36. The Labute approximate surface area is 166 Å². The standard InChI is InChI=1S/C22H32N2O2S/c1-21(2,3)19(17-5-4-6-27-17)24-18(25)13-23-20(26)22-10-14-7-15(11-22)9-16(8-14)12-22/h4-6,14-16,19H,7-13H2,1-3H3,(H,23,26)(H,24,25). The summed E-state index contributed by atoms with van der Waals surface area (Å²) in [6.07, 6.45) is 7.06. The third kappa shape index (κ3) is 3.80. The molecule has 4 bridgehead atoms. The maximum absolute atomic E-state index is 13.0. The third-order valence-corrected chi connectivity index (χ3v) is 7.87. The molecule has 0 aliphatic heterocycles. The quantitative estimate of drug-likeness (QED) is 0.791. The molecule has 2 amide bonds. The monoisotopic (exact) mass is 388 g/mol. The van der Waals surface area contributed by atoms with E-state index in [1.807, 2.05) is 11.4 Å². The number of amides is 2. The van der Waals surface area contributed by atoms with Gasteiger partial charge in [0.2, 0.25) is 11.8 Å². The predicted octanol–water partition coefficient (Wildman–Crippen LogP) is 4.28. The SMILES string of the molecule is CC(C)(C)C(NC(=O)CNC(=O)C12CC3CC(CC(C3)C1)C2)c1cccs1. The average molecular weight is 389 g/mol. The molecule has 27 heavy (non-hydrogen) atoms. The van der Waals surface area contributed by atoms with Gasteiger partial charge in [-0.1, -0.05) is 26.8 Å². The summed E-state index contributed by atoms with van der Waals surface area (Å²) in [6, 6.07) is 4.04. The van der Waals surface area contributed by atoms with Crippen molar-refractivity contribution in [1.82, 2.24) is 10.6 Å². The molecule has 1 unspecified atom stereocenters. The molecule has 5 heteroatoms. The van der Waals surface area contributed by atoms with E-state index in [1.54, 1.807) is 11.3 Å². The van der Waals surface area contributed by atoms with Gasteiger partial charge in [0.05, 0.1) is 12.6 Å². The van der Waals surface area contributed by atoms with Crippen LogP contribution < -0.4 is 10.6 Å². The highest BCUT2D eigenvalue weighted by Crippen LogP contribution is 2.60. The average Bonchev–Trinajstić information content (AvgIpc) is 3.09. The second-order valence-electron chi connectivity index (χ2n) is 10.3. The molecule has 4 saturated carbocycles. The van der Waals surface area contributed by atoms with Crippen molar-refractivity contribution in [3.8, 4) is 0 Å². The Morgan fingerprint density at radius 3 is 2.22 bits per heavy atom. The Bertz CT molecular complexity index is 669. The van der Waals surface area contributed by atoms with E-state index in [9.17, 15) is 9.59 Å². The summed E-state index contributed by atoms with van der Waals surface area (Å²) in [5.74, 6) is 2.24. The highest BCUT2D eigenvalue weighted by Gasteiger charge is 2.54. The molecule has 0 radical (unpaired) electrons. The lowest BCUT2D eigenvalue weighted by atomic mass is 9.49. The maximum Gasteiger partial charge on any atom is 0.239 e. The first-order chi connectivity index (χ1) is 12.7. The molecule has 4 fully saturated rings. The molecule has 148 valence electrons. The zero-order valence-electron chi connectivity index (χ0n) is 16.7. The Morgan fingerprint density at radius 2 is 1.74 bits per heavy atom.